The Morgan fingerprint density at radius 3 is 2.90 bits per heavy atom. The highest BCUT2D eigenvalue weighted by molar-refractivity contribution is 6.33. The number of nitrogens with one attached hydrogen (secondary N) is 1. The Morgan fingerprint density at radius 2 is 2.19 bits per heavy atom. The lowest BCUT2D eigenvalue weighted by Gasteiger charge is -2.42. The van der Waals surface area contributed by atoms with Gasteiger partial charge in [-0.1, -0.05) is 11.6 Å². The Balaban J connectivity index is 1.76. The van der Waals surface area contributed by atoms with E-state index in [0.29, 0.717) is 29.0 Å². The number of carbonyl (C=O) groups excluding carboxylic acids is 2. The van der Waals surface area contributed by atoms with Gasteiger partial charge in [0.2, 0.25) is 5.91 Å². The first-order chi connectivity index (χ1) is 10.0. The molecule has 0 bridgehead atoms. The minimum atomic E-state index is 0.0251. The second-order valence-corrected chi connectivity index (χ2v) is 6.34. The maximum atomic E-state index is 11.4. The Kier molecular flexibility index (Phi) is 3.89. The molecule has 4 nitrogen and oxygen atoms in total. The molecule has 2 unspecified atom stereocenters. The number of Topliss-reactive ketones (excluding diaryl/α,β-unsaturated/α-hetero) is 1. The smallest absolute Gasteiger partial charge is 0.220 e. The Hall–Kier alpha value is -1.55. The molecule has 21 heavy (non-hydrogen) atoms. The fraction of sp³-hybridized carbons (Fsp3) is 0.500. The molecule has 2 saturated heterocycles. The normalized spacial score (nSPS) is 25.2. The van der Waals surface area contributed by atoms with E-state index in [4.69, 9.17) is 11.6 Å². The van der Waals surface area contributed by atoms with Crippen molar-refractivity contribution in [2.75, 3.05) is 18.0 Å². The van der Waals surface area contributed by atoms with Crippen molar-refractivity contribution in [2.45, 2.75) is 32.2 Å². The molecule has 2 heterocycles. The van der Waals surface area contributed by atoms with E-state index >= 15 is 0 Å². The van der Waals surface area contributed by atoms with Gasteiger partial charge < -0.3 is 10.2 Å². The molecule has 3 rings (SSSR count). The fourth-order valence-electron chi connectivity index (χ4n) is 3.31. The van der Waals surface area contributed by atoms with Gasteiger partial charge >= 0.3 is 0 Å². The molecule has 0 radical (unpaired) electrons. The molecule has 2 aliphatic heterocycles. The van der Waals surface area contributed by atoms with Crippen LogP contribution < -0.4 is 10.2 Å². The van der Waals surface area contributed by atoms with Crippen LogP contribution in [-0.2, 0) is 4.79 Å². The zero-order valence-electron chi connectivity index (χ0n) is 12.1. The van der Waals surface area contributed by atoms with Crippen LogP contribution in [0.25, 0.3) is 0 Å². The highest BCUT2D eigenvalue weighted by Crippen LogP contribution is 2.33. The quantitative estimate of drug-likeness (QED) is 0.855. The number of hydrogen-bond acceptors (Lipinski definition) is 3. The van der Waals surface area contributed by atoms with Crippen LogP contribution in [0.2, 0.25) is 5.02 Å². The lowest BCUT2D eigenvalue weighted by Crippen LogP contribution is -2.54. The fourth-order valence-corrected chi connectivity index (χ4v) is 3.61. The standard InChI is InChI=1S/C16H19ClN2O2/c1-10(20)11-2-4-15(13(17)8-11)19-7-6-14-12(9-19)3-5-16(21)18-14/h2,4,8,12,14H,3,5-7,9H2,1H3,(H,18,21). The van der Waals surface area contributed by atoms with Crippen molar-refractivity contribution in [2.24, 2.45) is 5.92 Å². The summed E-state index contributed by atoms with van der Waals surface area (Å²) in [4.78, 5) is 25.1. The third kappa shape index (κ3) is 2.91. The number of ketones is 1. The number of hydrogen-bond donors (Lipinski definition) is 1. The minimum Gasteiger partial charge on any atom is -0.370 e. The van der Waals surface area contributed by atoms with Gasteiger partial charge in [0.15, 0.2) is 5.78 Å². The first-order valence-corrected chi connectivity index (χ1v) is 7.77. The maximum Gasteiger partial charge on any atom is 0.220 e. The lowest BCUT2D eigenvalue weighted by molar-refractivity contribution is -0.124. The number of rotatable bonds is 2. The SMILES string of the molecule is CC(=O)c1ccc(N2CCC3NC(=O)CCC3C2)c(Cl)c1. The number of halogens is 1. The van der Waals surface area contributed by atoms with Gasteiger partial charge in [-0.25, -0.2) is 0 Å². The van der Waals surface area contributed by atoms with Gasteiger partial charge in [-0.3, -0.25) is 9.59 Å². The number of fused-ring (bicyclic) bond motifs is 1. The number of benzene rings is 1. The minimum absolute atomic E-state index is 0.0251. The van der Waals surface area contributed by atoms with Crippen molar-refractivity contribution in [3.63, 3.8) is 0 Å². The van der Waals surface area contributed by atoms with Gasteiger partial charge in [-0.2, -0.15) is 0 Å². The predicted octanol–water partition coefficient (Wildman–Crippen LogP) is 2.65. The summed E-state index contributed by atoms with van der Waals surface area (Å²) in [6, 6.07) is 5.81. The summed E-state index contributed by atoms with van der Waals surface area (Å²) in [5.41, 5.74) is 1.63. The number of piperidine rings is 2. The molecule has 0 aromatic heterocycles. The summed E-state index contributed by atoms with van der Waals surface area (Å²) >= 11 is 6.34. The van der Waals surface area contributed by atoms with Crippen LogP contribution >= 0.6 is 11.6 Å². The Bertz CT molecular complexity index is 588. The highest BCUT2D eigenvalue weighted by Gasteiger charge is 2.34. The summed E-state index contributed by atoms with van der Waals surface area (Å²) in [5.74, 6) is 0.686. The third-order valence-corrected chi connectivity index (χ3v) is 4.82. The van der Waals surface area contributed by atoms with Crippen LogP contribution in [-0.4, -0.2) is 30.8 Å². The van der Waals surface area contributed by atoms with Gasteiger partial charge in [0.05, 0.1) is 10.7 Å². The van der Waals surface area contributed by atoms with Gasteiger partial charge in [-0.15, -0.1) is 0 Å². The summed E-state index contributed by atoms with van der Waals surface area (Å²) in [6.45, 7) is 3.33. The Morgan fingerprint density at radius 1 is 1.38 bits per heavy atom. The molecule has 1 amide bonds. The van der Waals surface area contributed by atoms with Crippen molar-refractivity contribution in [3.8, 4) is 0 Å². The van der Waals surface area contributed by atoms with Crippen LogP contribution in [0.3, 0.4) is 0 Å². The predicted molar refractivity (Wildman–Crippen MR) is 82.9 cm³/mol. The zero-order valence-corrected chi connectivity index (χ0v) is 12.8. The maximum absolute atomic E-state index is 11.4. The monoisotopic (exact) mass is 306 g/mol. The average Bonchev–Trinajstić information content (AvgIpc) is 2.46. The molecule has 5 heteroatoms. The van der Waals surface area contributed by atoms with E-state index in [1.807, 2.05) is 12.1 Å². The molecule has 0 spiro atoms. The van der Waals surface area contributed by atoms with Gasteiger partial charge in [0.25, 0.3) is 0 Å². The van der Waals surface area contributed by atoms with Gasteiger partial charge in [-0.05, 0) is 43.9 Å². The number of anilines is 1. The molecule has 2 fully saturated rings. The number of amides is 1. The summed E-state index contributed by atoms with van der Waals surface area (Å²) in [5, 5.41) is 3.71. The topological polar surface area (TPSA) is 49.4 Å². The molecule has 2 atom stereocenters. The van der Waals surface area contributed by atoms with E-state index in [0.717, 1.165) is 31.6 Å². The van der Waals surface area contributed by atoms with Crippen LogP contribution in [0.4, 0.5) is 5.69 Å². The van der Waals surface area contributed by atoms with Crippen molar-refractivity contribution < 1.29 is 9.59 Å². The van der Waals surface area contributed by atoms with E-state index in [2.05, 4.69) is 10.2 Å². The van der Waals surface area contributed by atoms with E-state index < -0.39 is 0 Å². The molecule has 2 aliphatic rings. The molecule has 1 aromatic carbocycles. The second-order valence-electron chi connectivity index (χ2n) is 5.93. The molecule has 1 N–H and O–H groups in total. The van der Waals surface area contributed by atoms with Crippen LogP contribution in [0.5, 0.6) is 0 Å². The molecule has 0 saturated carbocycles. The molecule has 0 aliphatic carbocycles. The number of carbonyl (C=O) groups is 2. The summed E-state index contributed by atoms with van der Waals surface area (Å²) < 4.78 is 0. The van der Waals surface area contributed by atoms with E-state index in [9.17, 15) is 9.59 Å². The van der Waals surface area contributed by atoms with Gasteiger partial charge in [0, 0.05) is 31.1 Å². The van der Waals surface area contributed by atoms with Gasteiger partial charge in [0.1, 0.15) is 0 Å². The molecular weight excluding hydrogens is 288 g/mol. The number of nitrogens with zero attached hydrogens (tertiary/aromatic N) is 1. The molecule has 1 aromatic rings. The van der Waals surface area contributed by atoms with Crippen LogP contribution in [0.15, 0.2) is 18.2 Å². The van der Waals surface area contributed by atoms with E-state index in [-0.39, 0.29) is 11.7 Å². The molecule has 112 valence electrons. The third-order valence-electron chi connectivity index (χ3n) is 4.52. The first kappa shape index (κ1) is 14.4. The van der Waals surface area contributed by atoms with Crippen molar-refractivity contribution in [1.29, 1.82) is 0 Å². The van der Waals surface area contributed by atoms with Crippen molar-refractivity contribution >= 4 is 29.0 Å². The largest absolute Gasteiger partial charge is 0.370 e. The highest BCUT2D eigenvalue weighted by atomic mass is 35.5. The lowest BCUT2D eigenvalue weighted by atomic mass is 9.85. The summed E-state index contributed by atoms with van der Waals surface area (Å²) in [7, 11) is 0. The van der Waals surface area contributed by atoms with Crippen LogP contribution in [0, 0.1) is 5.92 Å². The Labute approximate surface area is 129 Å². The van der Waals surface area contributed by atoms with Crippen LogP contribution in [0.1, 0.15) is 36.5 Å². The van der Waals surface area contributed by atoms with E-state index in [1.165, 1.54) is 0 Å². The average molecular weight is 307 g/mol. The molecular formula is C16H19ClN2O2. The van der Waals surface area contributed by atoms with Crippen molar-refractivity contribution in [1.82, 2.24) is 5.32 Å². The van der Waals surface area contributed by atoms with Crippen molar-refractivity contribution in [3.05, 3.63) is 28.8 Å². The second kappa shape index (κ2) is 5.68. The van der Waals surface area contributed by atoms with E-state index in [1.54, 1.807) is 13.0 Å². The summed E-state index contributed by atoms with van der Waals surface area (Å²) in [6.07, 6.45) is 2.50. The zero-order chi connectivity index (χ0) is 15.0. The first-order valence-electron chi connectivity index (χ1n) is 7.39.